The number of nitrogens with zero attached hydrogens (tertiary/aromatic N) is 5. The molecule has 1 saturated heterocycles. The van der Waals surface area contributed by atoms with Crippen LogP contribution in [0.25, 0.3) is 22.0 Å². The van der Waals surface area contributed by atoms with E-state index in [1.165, 1.54) is 13.3 Å². The van der Waals surface area contributed by atoms with Gasteiger partial charge in [-0.3, -0.25) is 19.8 Å². The topological polar surface area (TPSA) is 113 Å². The molecule has 1 aliphatic rings. The van der Waals surface area contributed by atoms with Crippen LogP contribution in [0.2, 0.25) is 0 Å². The number of H-pyrrole nitrogens is 1. The number of carbonyl (C=O) groups excluding carboxylic acids is 1. The fourth-order valence-electron chi connectivity index (χ4n) is 4.16. The molecule has 0 saturated carbocycles. The summed E-state index contributed by atoms with van der Waals surface area (Å²) in [5, 5.41) is 8.60. The zero-order valence-electron chi connectivity index (χ0n) is 18.9. The highest BCUT2D eigenvalue weighted by Crippen LogP contribution is 2.30. The molecule has 1 fully saturated rings. The van der Waals surface area contributed by atoms with Crippen LogP contribution in [-0.2, 0) is 6.54 Å². The third kappa shape index (κ3) is 4.68. The maximum absolute atomic E-state index is 13.5. The maximum atomic E-state index is 13.5. The average Bonchev–Trinajstić information content (AvgIpc) is 3.45. The van der Waals surface area contributed by atoms with Gasteiger partial charge >= 0.3 is 0 Å². The summed E-state index contributed by atoms with van der Waals surface area (Å²) in [7, 11) is 1.50. The summed E-state index contributed by atoms with van der Waals surface area (Å²) in [6, 6.07) is 10.7. The summed E-state index contributed by atoms with van der Waals surface area (Å²) in [4.78, 5) is 23.2. The summed E-state index contributed by atoms with van der Waals surface area (Å²) in [6.07, 6.45) is 4.69. The highest BCUT2D eigenvalue weighted by atomic mass is 19.3. The molecule has 1 amide bonds. The molecular formula is C24H23F2N7O2. The quantitative estimate of drug-likeness (QED) is 0.248. The van der Waals surface area contributed by atoms with Crippen molar-refractivity contribution in [2.75, 3.05) is 25.2 Å². The second-order valence-electron chi connectivity index (χ2n) is 8.46. The highest BCUT2D eigenvalue weighted by molar-refractivity contribution is 6.12. The molecule has 4 aromatic rings. The fraction of sp³-hybridized carbons (Fsp3) is 0.250. The number of aromatic nitrogens is 4. The Morgan fingerprint density at radius 3 is 2.77 bits per heavy atom. The van der Waals surface area contributed by atoms with Crippen LogP contribution >= 0.6 is 0 Å². The van der Waals surface area contributed by atoms with E-state index in [0.29, 0.717) is 35.6 Å². The number of hydrogen-bond acceptors (Lipinski definition) is 7. The lowest BCUT2D eigenvalue weighted by molar-refractivity contribution is 0.0115. The number of amides is 1. The number of pyridine rings is 2. The largest absolute Gasteiger partial charge is 0.481 e. The molecule has 0 radical (unpaired) electrons. The Labute approximate surface area is 199 Å². The number of nitrogens with one attached hydrogen (secondary N) is 1. The minimum absolute atomic E-state index is 0.126. The van der Waals surface area contributed by atoms with Crippen LogP contribution in [0.3, 0.4) is 0 Å². The van der Waals surface area contributed by atoms with Crippen molar-refractivity contribution >= 4 is 22.5 Å². The molecule has 35 heavy (non-hydrogen) atoms. The molecule has 180 valence electrons. The zero-order chi connectivity index (χ0) is 24.6. The number of methoxy groups -OCH3 is 1. The summed E-state index contributed by atoms with van der Waals surface area (Å²) < 4.78 is 32.1. The molecule has 11 heteroatoms. The van der Waals surface area contributed by atoms with Crippen LogP contribution in [0, 0.1) is 0 Å². The minimum Gasteiger partial charge on any atom is -0.481 e. The van der Waals surface area contributed by atoms with E-state index < -0.39 is 11.8 Å². The number of nitrogens with two attached hydrogens (primary N) is 1. The molecule has 5 rings (SSSR count). The second kappa shape index (κ2) is 9.01. The van der Waals surface area contributed by atoms with Crippen molar-refractivity contribution in [2.24, 2.45) is 5.84 Å². The van der Waals surface area contributed by atoms with Crippen molar-refractivity contribution < 1.29 is 18.3 Å². The molecule has 1 aromatic carbocycles. The number of carbonyl (C=O) groups is 1. The van der Waals surface area contributed by atoms with E-state index in [1.54, 1.807) is 29.4 Å². The van der Waals surface area contributed by atoms with Crippen LogP contribution in [-0.4, -0.2) is 57.1 Å². The van der Waals surface area contributed by atoms with Gasteiger partial charge in [-0.05, 0) is 35.4 Å². The average molecular weight is 479 g/mol. The fourth-order valence-corrected chi connectivity index (χ4v) is 4.16. The Morgan fingerprint density at radius 1 is 1.20 bits per heavy atom. The first-order valence-corrected chi connectivity index (χ1v) is 10.9. The smallest absolute Gasteiger partial charge is 0.293 e. The van der Waals surface area contributed by atoms with E-state index >= 15 is 0 Å². The third-order valence-corrected chi connectivity index (χ3v) is 5.98. The van der Waals surface area contributed by atoms with Gasteiger partial charge in [-0.15, -0.1) is 0 Å². The Kier molecular flexibility index (Phi) is 5.87. The van der Waals surface area contributed by atoms with Crippen LogP contribution in [0.4, 0.5) is 14.5 Å². The second-order valence-corrected chi connectivity index (χ2v) is 8.46. The molecule has 9 nitrogen and oxygen atoms in total. The van der Waals surface area contributed by atoms with Crippen molar-refractivity contribution in [2.45, 2.75) is 18.9 Å². The number of aromatic amines is 1. The van der Waals surface area contributed by atoms with E-state index in [0.717, 1.165) is 21.7 Å². The van der Waals surface area contributed by atoms with Crippen LogP contribution in [0.1, 0.15) is 22.5 Å². The van der Waals surface area contributed by atoms with Gasteiger partial charge < -0.3 is 4.74 Å². The third-order valence-electron chi connectivity index (χ3n) is 5.98. The Morgan fingerprint density at radius 2 is 2.06 bits per heavy atom. The number of hydrazine groups is 1. The summed E-state index contributed by atoms with van der Waals surface area (Å²) in [5.74, 6) is 3.31. The van der Waals surface area contributed by atoms with E-state index in [-0.39, 0.29) is 18.7 Å². The number of fused-ring (bicyclic) bond motifs is 1. The Bertz CT molecular complexity index is 1370. The number of alkyl halides is 2. The lowest BCUT2D eigenvalue weighted by Gasteiger charge is -2.16. The number of likely N-dealkylation sites (tertiary alicyclic amines) is 1. The predicted molar refractivity (Wildman–Crippen MR) is 126 cm³/mol. The van der Waals surface area contributed by atoms with Crippen molar-refractivity contribution in [3.8, 4) is 17.0 Å². The van der Waals surface area contributed by atoms with E-state index in [9.17, 15) is 13.6 Å². The van der Waals surface area contributed by atoms with Gasteiger partial charge in [-0.25, -0.2) is 24.6 Å². The SMILES string of the molecule is COc1ccc(N(N)C(=O)c2n[nH]c3ccc(-c4cncc(CN5CCC(F)(F)C5)c4)cc23)cn1. The lowest BCUT2D eigenvalue weighted by atomic mass is 10.0. The van der Waals surface area contributed by atoms with Crippen molar-refractivity contribution in [1.82, 2.24) is 25.1 Å². The van der Waals surface area contributed by atoms with Crippen LogP contribution < -0.4 is 15.6 Å². The van der Waals surface area contributed by atoms with Crippen molar-refractivity contribution in [3.63, 3.8) is 0 Å². The van der Waals surface area contributed by atoms with Gasteiger partial charge in [0.1, 0.15) is 0 Å². The summed E-state index contributed by atoms with van der Waals surface area (Å²) in [6.45, 7) is 0.498. The van der Waals surface area contributed by atoms with Gasteiger partial charge in [-0.2, -0.15) is 5.10 Å². The van der Waals surface area contributed by atoms with Gasteiger partial charge in [-0.1, -0.05) is 6.07 Å². The molecule has 4 heterocycles. The van der Waals surface area contributed by atoms with E-state index in [2.05, 4.69) is 20.2 Å². The molecule has 0 spiro atoms. The molecule has 0 unspecified atom stereocenters. The maximum Gasteiger partial charge on any atom is 0.293 e. The number of hydrogen-bond donors (Lipinski definition) is 2. The standard InChI is InChI=1S/C24H23F2N7O2/c1-35-21-5-3-18(12-29-21)33(27)23(34)22-19-9-16(2-4-20(19)30-31-22)17-8-15(10-28-11-17)13-32-7-6-24(25,26)14-32/h2-5,8-12H,6-7,13-14,27H2,1H3,(H,30,31). The first kappa shape index (κ1) is 22.8. The van der Waals surface area contributed by atoms with Crippen LogP contribution in [0.15, 0.2) is 55.0 Å². The molecule has 0 bridgehead atoms. The molecule has 0 aliphatic carbocycles. The van der Waals surface area contributed by atoms with Crippen LogP contribution in [0.5, 0.6) is 5.88 Å². The zero-order valence-corrected chi connectivity index (χ0v) is 18.9. The van der Waals surface area contributed by atoms with Crippen molar-refractivity contribution in [3.05, 3.63) is 66.2 Å². The number of rotatable bonds is 6. The Balaban J connectivity index is 1.41. The first-order chi connectivity index (χ1) is 16.8. The van der Waals surface area contributed by atoms with Gasteiger partial charge in [0.15, 0.2) is 5.69 Å². The van der Waals surface area contributed by atoms with Gasteiger partial charge in [0.05, 0.1) is 31.1 Å². The number of anilines is 1. The predicted octanol–water partition coefficient (Wildman–Crippen LogP) is 3.39. The normalized spacial score (nSPS) is 15.4. The lowest BCUT2D eigenvalue weighted by Crippen LogP contribution is -2.37. The van der Waals surface area contributed by atoms with Gasteiger partial charge in [0.2, 0.25) is 5.88 Å². The molecule has 3 aromatic heterocycles. The molecule has 0 atom stereocenters. The van der Waals surface area contributed by atoms with Gasteiger partial charge in [0, 0.05) is 48.9 Å². The minimum atomic E-state index is -2.64. The first-order valence-electron chi connectivity index (χ1n) is 10.9. The molecule has 1 aliphatic heterocycles. The van der Waals surface area contributed by atoms with Gasteiger partial charge in [0.25, 0.3) is 11.8 Å². The number of ether oxygens (including phenoxy) is 1. The number of benzene rings is 1. The molecule has 3 N–H and O–H groups in total. The number of halogens is 2. The summed E-state index contributed by atoms with van der Waals surface area (Å²) in [5.41, 5.74) is 3.66. The highest BCUT2D eigenvalue weighted by Gasteiger charge is 2.37. The Hall–Kier alpha value is -3.96. The van der Waals surface area contributed by atoms with E-state index in [4.69, 9.17) is 10.6 Å². The monoisotopic (exact) mass is 479 g/mol. The van der Waals surface area contributed by atoms with Crippen molar-refractivity contribution in [1.29, 1.82) is 0 Å². The van der Waals surface area contributed by atoms with E-state index in [1.807, 2.05) is 24.3 Å². The summed E-state index contributed by atoms with van der Waals surface area (Å²) >= 11 is 0. The molecular weight excluding hydrogens is 456 g/mol.